The van der Waals surface area contributed by atoms with Crippen molar-refractivity contribution in [3.8, 4) is 5.75 Å². The molecule has 0 fully saturated rings. The second-order valence-electron chi connectivity index (χ2n) is 6.81. The molecule has 1 aromatic carbocycles. The fourth-order valence-electron chi connectivity index (χ4n) is 2.57. The first kappa shape index (κ1) is 19.0. The van der Waals surface area contributed by atoms with Crippen molar-refractivity contribution in [2.75, 3.05) is 13.2 Å². The highest BCUT2D eigenvalue weighted by atomic mass is 16.5. The van der Waals surface area contributed by atoms with Crippen molar-refractivity contribution in [1.82, 2.24) is 5.32 Å². The molecule has 0 bridgehead atoms. The number of hydrogen-bond acceptors (Lipinski definition) is 3. The smallest absolute Gasteiger partial charge is 0.341 e. The highest BCUT2D eigenvalue weighted by Gasteiger charge is 2.27. The second-order valence-corrected chi connectivity index (χ2v) is 6.81. The van der Waals surface area contributed by atoms with E-state index in [1.54, 1.807) is 12.1 Å². The van der Waals surface area contributed by atoms with Crippen LogP contribution in [0.4, 0.5) is 0 Å². The maximum Gasteiger partial charge on any atom is 0.341 e. The standard InChI is InChI=1S/C18H27NO4/c1-13(2)11-18(3,4)17(22)19-10-9-14-5-7-15(8-6-14)23-12-16(20)21/h5-8,13H,9-12H2,1-4H3,(H,19,22)(H,20,21). The molecular formula is C18H27NO4. The van der Waals surface area contributed by atoms with Crippen LogP contribution in [0.15, 0.2) is 24.3 Å². The van der Waals surface area contributed by atoms with Crippen molar-refractivity contribution in [1.29, 1.82) is 0 Å². The van der Waals surface area contributed by atoms with Crippen molar-refractivity contribution in [3.63, 3.8) is 0 Å². The van der Waals surface area contributed by atoms with Gasteiger partial charge in [0.1, 0.15) is 5.75 Å². The van der Waals surface area contributed by atoms with Gasteiger partial charge >= 0.3 is 5.97 Å². The summed E-state index contributed by atoms with van der Waals surface area (Å²) in [5.41, 5.74) is 0.706. The van der Waals surface area contributed by atoms with E-state index in [1.807, 2.05) is 26.0 Å². The molecule has 0 aliphatic heterocycles. The van der Waals surface area contributed by atoms with Gasteiger partial charge in [0.15, 0.2) is 6.61 Å². The van der Waals surface area contributed by atoms with Crippen LogP contribution in [0.25, 0.3) is 0 Å². The Kier molecular flexibility index (Phi) is 7.07. The SMILES string of the molecule is CC(C)CC(C)(C)C(=O)NCCc1ccc(OCC(=O)O)cc1. The van der Waals surface area contributed by atoms with Crippen molar-refractivity contribution >= 4 is 11.9 Å². The average molecular weight is 321 g/mol. The predicted molar refractivity (Wildman–Crippen MR) is 89.5 cm³/mol. The van der Waals surface area contributed by atoms with Gasteiger partial charge in [-0.15, -0.1) is 0 Å². The Hall–Kier alpha value is -2.04. The number of carboxylic acids is 1. The number of nitrogens with one attached hydrogen (secondary N) is 1. The number of benzene rings is 1. The molecule has 2 N–H and O–H groups in total. The Labute approximate surface area is 138 Å². The predicted octanol–water partition coefficient (Wildman–Crippen LogP) is 2.88. The van der Waals surface area contributed by atoms with Gasteiger partial charge in [0.25, 0.3) is 0 Å². The summed E-state index contributed by atoms with van der Waals surface area (Å²) in [6.07, 6.45) is 1.58. The number of carbonyl (C=O) groups is 2. The molecule has 1 amide bonds. The Bertz CT molecular complexity index is 520. The van der Waals surface area contributed by atoms with E-state index in [2.05, 4.69) is 19.2 Å². The molecule has 23 heavy (non-hydrogen) atoms. The zero-order valence-corrected chi connectivity index (χ0v) is 14.4. The summed E-state index contributed by atoms with van der Waals surface area (Å²) in [5, 5.41) is 11.5. The zero-order valence-electron chi connectivity index (χ0n) is 14.4. The van der Waals surface area contributed by atoms with Gasteiger partial charge in [-0.2, -0.15) is 0 Å². The number of carbonyl (C=O) groups excluding carboxylic acids is 1. The molecule has 0 unspecified atom stereocenters. The highest BCUT2D eigenvalue weighted by Crippen LogP contribution is 2.25. The third kappa shape index (κ3) is 7.17. The summed E-state index contributed by atoms with van der Waals surface area (Å²) in [6.45, 7) is 8.40. The minimum Gasteiger partial charge on any atom is -0.482 e. The Morgan fingerprint density at radius 2 is 1.83 bits per heavy atom. The van der Waals surface area contributed by atoms with Crippen LogP contribution < -0.4 is 10.1 Å². The van der Waals surface area contributed by atoms with Crippen LogP contribution in [-0.2, 0) is 16.0 Å². The maximum atomic E-state index is 12.2. The van der Waals surface area contributed by atoms with Crippen molar-refractivity contribution < 1.29 is 19.4 Å². The highest BCUT2D eigenvalue weighted by molar-refractivity contribution is 5.81. The van der Waals surface area contributed by atoms with Gasteiger partial charge in [-0.3, -0.25) is 4.79 Å². The molecule has 0 saturated carbocycles. The van der Waals surface area contributed by atoms with Crippen LogP contribution in [0.2, 0.25) is 0 Å². The van der Waals surface area contributed by atoms with E-state index < -0.39 is 5.97 Å². The van der Waals surface area contributed by atoms with Crippen LogP contribution in [0.3, 0.4) is 0 Å². The van der Waals surface area contributed by atoms with E-state index in [4.69, 9.17) is 9.84 Å². The molecule has 128 valence electrons. The van der Waals surface area contributed by atoms with Crippen LogP contribution in [0.5, 0.6) is 5.75 Å². The van der Waals surface area contributed by atoms with Gasteiger partial charge in [-0.05, 0) is 36.5 Å². The summed E-state index contributed by atoms with van der Waals surface area (Å²) < 4.78 is 5.08. The summed E-state index contributed by atoms with van der Waals surface area (Å²) in [4.78, 5) is 22.6. The lowest BCUT2D eigenvalue weighted by Gasteiger charge is -2.25. The van der Waals surface area contributed by atoms with Crippen LogP contribution >= 0.6 is 0 Å². The van der Waals surface area contributed by atoms with Crippen LogP contribution in [0, 0.1) is 11.3 Å². The lowest BCUT2D eigenvalue weighted by Crippen LogP contribution is -2.38. The van der Waals surface area contributed by atoms with Gasteiger partial charge in [0.2, 0.25) is 5.91 Å². The molecular weight excluding hydrogens is 294 g/mol. The molecule has 0 atom stereocenters. The first-order valence-electron chi connectivity index (χ1n) is 7.92. The maximum absolute atomic E-state index is 12.2. The quantitative estimate of drug-likeness (QED) is 0.733. The second kappa shape index (κ2) is 8.56. The fourth-order valence-corrected chi connectivity index (χ4v) is 2.57. The average Bonchev–Trinajstić information content (AvgIpc) is 2.45. The Morgan fingerprint density at radius 3 is 2.35 bits per heavy atom. The van der Waals surface area contributed by atoms with Crippen LogP contribution in [-0.4, -0.2) is 30.1 Å². The monoisotopic (exact) mass is 321 g/mol. The normalized spacial score (nSPS) is 11.3. The van der Waals surface area contributed by atoms with Gasteiger partial charge < -0.3 is 15.2 Å². The lowest BCUT2D eigenvalue weighted by atomic mass is 9.83. The van der Waals surface area contributed by atoms with E-state index in [9.17, 15) is 9.59 Å². The molecule has 0 heterocycles. The van der Waals surface area contributed by atoms with Gasteiger partial charge in [0, 0.05) is 12.0 Å². The van der Waals surface area contributed by atoms with E-state index in [0.717, 1.165) is 18.4 Å². The molecule has 0 aliphatic carbocycles. The summed E-state index contributed by atoms with van der Waals surface area (Å²) in [6, 6.07) is 7.23. The molecule has 0 aliphatic rings. The summed E-state index contributed by atoms with van der Waals surface area (Å²) >= 11 is 0. The van der Waals surface area contributed by atoms with Crippen molar-refractivity contribution in [2.24, 2.45) is 11.3 Å². The zero-order chi connectivity index (χ0) is 17.5. The topological polar surface area (TPSA) is 75.6 Å². The van der Waals surface area contributed by atoms with Gasteiger partial charge in [-0.1, -0.05) is 39.8 Å². The number of amides is 1. The molecule has 0 aromatic heterocycles. The first-order valence-corrected chi connectivity index (χ1v) is 7.92. The van der Waals surface area contributed by atoms with Crippen molar-refractivity contribution in [2.45, 2.75) is 40.5 Å². The molecule has 1 rings (SSSR count). The van der Waals surface area contributed by atoms with E-state index >= 15 is 0 Å². The number of ether oxygens (including phenoxy) is 1. The van der Waals surface area contributed by atoms with E-state index in [1.165, 1.54) is 0 Å². The third-order valence-corrected chi connectivity index (χ3v) is 3.52. The largest absolute Gasteiger partial charge is 0.482 e. The van der Waals surface area contributed by atoms with E-state index in [0.29, 0.717) is 18.2 Å². The molecule has 0 radical (unpaired) electrons. The summed E-state index contributed by atoms with van der Waals surface area (Å²) in [5.74, 6) is 0.0840. The first-order chi connectivity index (χ1) is 10.7. The minimum atomic E-state index is -0.999. The van der Waals surface area contributed by atoms with Crippen molar-refractivity contribution in [3.05, 3.63) is 29.8 Å². The Balaban J connectivity index is 2.40. The molecule has 5 nitrogen and oxygen atoms in total. The van der Waals surface area contributed by atoms with Crippen LogP contribution in [0.1, 0.15) is 39.7 Å². The third-order valence-electron chi connectivity index (χ3n) is 3.52. The fraction of sp³-hybridized carbons (Fsp3) is 0.556. The number of hydrogen-bond donors (Lipinski definition) is 2. The molecule has 5 heteroatoms. The minimum absolute atomic E-state index is 0.0765. The Morgan fingerprint density at radius 1 is 1.22 bits per heavy atom. The van der Waals surface area contributed by atoms with E-state index in [-0.39, 0.29) is 17.9 Å². The molecule has 0 saturated heterocycles. The molecule has 1 aromatic rings. The lowest BCUT2D eigenvalue weighted by molar-refractivity contribution is -0.139. The molecule has 0 spiro atoms. The summed E-state index contributed by atoms with van der Waals surface area (Å²) in [7, 11) is 0. The van der Waals surface area contributed by atoms with Gasteiger partial charge in [0.05, 0.1) is 0 Å². The number of carboxylic acid groups (broad SMARTS) is 1. The van der Waals surface area contributed by atoms with Gasteiger partial charge in [-0.25, -0.2) is 4.79 Å². The number of rotatable bonds is 9. The number of aliphatic carboxylic acids is 1.